The van der Waals surface area contributed by atoms with E-state index in [1.54, 1.807) is 12.1 Å². The maximum Gasteiger partial charge on any atom is 0.172 e. The van der Waals surface area contributed by atoms with Crippen LogP contribution in [0.2, 0.25) is 0 Å². The summed E-state index contributed by atoms with van der Waals surface area (Å²) in [5, 5.41) is 0. The molecule has 1 aromatic heterocycles. The molecule has 0 spiro atoms. The van der Waals surface area contributed by atoms with Gasteiger partial charge in [-0.25, -0.2) is 4.98 Å². The topological polar surface area (TPSA) is 65.2 Å². The molecular weight excluding hydrogens is 168 g/mol. The highest BCUT2D eigenvalue weighted by Crippen LogP contribution is 2.28. The summed E-state index contributed by atoms with van der Waals surface area (Å²) in [6, 6.07) is 3.31. The van der Waals surface area contributed by atoms with E-state index in [0.29, 0.717) is 17.9 Å². The molecule has 0 amide bonds. The number of nitrogen functional groups attached to an aromatic ring is 1. The van der Waals surface area contributed by atoms with E-state index < -0.39 is 0 Å². The van der Waals surface area contributed by atoms with Crippen LogP contribution >= 0.6 is 0 Å². The Morgan fingerprint density at radius 1 is 1.54 bits per heavy atom. The van der Waals surface area contributed by atoms with Crippen molar-refractivity contribution in [1.29, 1.82) is 0 Å². The number of aldehydes is 1. The Balaban J connectivity index is 2.25. The molecule has 68 valence electrons. The van der Waals surface area contributed by atoms with Crippen LogP contribution in [0.25, 0.3) is 0 Å². The second-order valence-corrected chi connectivity index (χ2v) is 3.05. The summed E-state index contributed by atoms with van der Waals surface area (Å²) in [6.45, 7) is 0. The van der Waals surface area contributed by atoms with Gasteiger partial charge in [0.2, 0.25) is 0 Å². The van der Waals surface area contributed by atoms with Crippen LogP contribution in [-0.2, 0) is 0 Å². The van der Waals surface area contributed by atoms with Crippen molar-refractivity contribution in [2.75, 3.05) is 5.73 Å². The molecule has 2 N–H and O–H groups in total. The Hall–Kier alpha value is -1.58. The first-order valence-electron chi connectivity index (χ1n) is 4.18. The van der Waals surface area contributed by atoms with Gasteiger partial charge in [0.25, 0.3) is 0 Å². The summed E-state index contributed by atoms with van der Waals surface area (Å²) in [4.78, 5) is 14.4. The Labute approximate surface area is 75.7 Å². The minimum absolute atomic E-state index is 0.268. The number of hydrogen-bond acceptors (Lipinski definition) is 4. The van der Waals surface area contributed by atoms with Crippen LogP contribution in [0.15, 0.2) is 12.1 Å². The normalized spacial score (nSPS) is 15.4. The van der Waals surface area contributed by atoms with Crippen molar-refractivity contribution in [3.8, 4) is 5.75 Å². The van der Waals surface area contributed by atoms with E-state index in [0.717, 1.165) is 12.8 Å². The van der Waals surface area contributed by atoms with E-state index in [4.69, 9.17) is 10.5 Å². The largest absolute Gasteiger partial charge is 0.488 e. The van der Waals surface area contributed by atoms with Crippen molar-refractivity contribution >= 4 is 12.1 Å². The molecule has 1 saturated carbocycles. The molecule has 0 unspecified atom stereocenters. The van der Waals surface area contributed by atoms with Gasteiger partial charge < -0.3 is 10.5 Å². The predicted molar refractivity (Wildman–Crippen MR) is 47.7 cm³/mol. The molecule has 1 aliphatic rings. The lowest BCUT2D eigenvalue weighted by molar-refractivity contribution is 0.111. The number of carbonyl (C=O) groups is 1. The molecule has 1 aliphatic carbocycles. The number of anilines is 1. The van der Waals surface area contributed by atoms with E-state index in [2.05, 4.69) is 4.98 Å². The maximum atomic E-state index is 10.6. The van der Waals surface area contributed by atoms with Crippen molar-refractivity contribution in [2.24, 2.45) is 0 Å². The van der Waals surface area contributed by atoms with Gasteiger partial charge in [-0.2, -0.15) is 0 Å². The van der Waals surface area contributed by atoms with Crippen LogP contribution in [0.1, 0.15) is 23.3 Å². The molecule has 2 rings (SSSR count). The van der Waals surface area contributed by atoms with Crippen molar-refractivity contribution in [1.82, 2.24) is 4.98 Å². The molecule has 4 heteroatoms. The zero-order chi connectivity index (χ0) is 9.26. The highest BCUT2D eigenvalue weighted by atomic mass is 16.5. The zero-order valence-corrected chi connectivity index (χ0v) is 7.06. The Bertz CT molecular complexity index is 334. The fraction of sp³-hybridized carbons (Fsp3) is 0.333. The Morgan fingerprint density at radius 2 is 2.31 bits per heavy atom. The van der Waals surface area contributed by atoms with Gasteiger partial charge in [-0.3, -0.25) is 4.79 Å². The smallest absolute Gasteiger partial charge is 0.172 e. The molecular formula is C9H10N2O2. The number of nitrogens with zero attached hydrogens (tertiary/aromatic N) is 1. The van der Waals surface area contributed by atoms with Crippen molar-refractivity contribution in [3.05, 3.63) is 17.8 Å². The Morgan fingerprint density at radius 3 is 2.92 bits per heavy atom. The number of rotatable bonds is 3. The van der Waals surface area contributed by atoms with Gasteiger partial charge in [0.15, 0.2) is 6.29 Å². The SMILES string of the molecule is Nc1ccc(OC2CC2)c(C=O)n1. The highest BCUT2D eigenvalue weighted by Gasteiger charge is 2.24. The fourth-order valence-corrected chi connectivity index (χ4v) is 1.03. The van der Waals surface area contributed by atoms with Crippen LogP contribution in [0.5, 0.6) is 5.75 Å². The number of pyridine rings is 1. The number of aromatic nitrogens is 1. The summed E-state index contributed by atoms with van der Waals surface area (Å²) in [5.74, 6) is 0.872. The van der Waals surface area contributed by atoms with Gasteiger partial charge in [0, 0.05) is 0 Å². The molecule has 0 atom stereocenters. The lowest BCUT2D eigenvalue weighted by Crippen LogP contribution is -2.02. The molecule has 1 aromatic rings. The first kappa shape index (κ1) is 8.04. The second kappa shape index (κ2) is 3.05. The first-order chi connectivity index (χ1) is 6.29. The second-order valence-electron chi connectivity index (χ2n) is 3.05. The summed E-state index contributed by atoms with van der Waals surface area (Å²) in [7, 11) is 0. The molecule has 0 aromatic carbocycles. The van der Waals surface area contributed by atoms with Crippen molar-refractivity contribution in [3.63, 3.8) is 0 Å². The number of ether oxygens (including phenoxy) is 1. The average Bonchev–Trinajstić information content (AvgIpc) is 2.92. The molecule has 0 saturated heterocycles. The van der Waals surface area contributed by atoms with Crippen LogP contribution in [0, 0.1) is 0 Å². The van der Waals surface area contributed by atoms with Crippen LogP contribution < -0.4 is 10.5 Å². The van der Waals surface area contributed by atoms with Gasteiger partial charge in [0.1, 0.15) is 17.3 Å². The number of nitrogens with two attached hydrogens (primary N) is 1. The summed E-state index contributed by atoms with van der Waals surface area (Å²) in [5.41, 5.74) is 5.71. The Kier molecular flexibility index (Phi) is 1.88. The van der Waals surface area contributed by atoms with Gasteiger partial charge in [-0.05, 0) is 25.0 Å². The molecule has 0 aliphatic heterocycles. The zero-order valence-electron chi connectivity index (χ0n) is 7.06. The van der Waals surface area contributed by atoms with Gasteiger partial charge in [-0.1, -0.05) is 0 Å². The third-order valence-corrected chi connectivity index (χ3v) is 1.84. The minimum Gasteiger partial charge on any atom is -0.488 e. The number of carbonyl (C=O) groups excluding carboxylic acids is 1. The molecule has 0 radical (unpaired) electrons. The van der Waals surface area contributed by atoms with Gasteiger partial charge >= 0.3 is 0 Å². The monoisotopic (exact) mass is 178 g/mol. The quantitative estimate of drug-likeness (QED) is 0.702. The first-order valence-corrected chi connectivity index (χ1v) is 4.18. The fourth-order valence-electron chi connectivity index (χ4n) is 1.03. The van der Waals surface area contributed by atoms with E-state index >= 15 is 0 Å². The molecule has 1 fully saturated rings. The lowest BCUT2D eigenvalue weighted by Gasteiger charge is -2.05. The van der Waals surface area contributed by atoms with E-state index in [9.17, 15) is 4.79 Å². The molecule has 1 heterocycles. The van der Waals surface area contributed by atoms with Crippen LogP contribution in [-0.4, -0.2) is 17.4 Å². The standard InChI is InChI=1S/C9H10N2O2/c10-9-4-3-8(7(5-12)11-9)13-6-1-2-6/h3-6H,1-2H2,(H2,10,11). The summed E-state index contributed by atoms with van der Waals surface area (Å²) < 4.78 is 5.45. The van der Waals surface area contributed by atoms with Crippen molar-refractivity contribution in [2.45, 2.75) is 18.9 Å². The van der Waals surface area contributed by atoms with E-state index in [-0.39, 0.29) is 11.8 Å². The molecule has 4 nitrogen and oxygen atoms in total. The minimum atomic E-state index is 0.268. The maximum absolute atomic E-state index is 10.6. The average molecular weight is 178 g/mol. The molecule has 13 heavy (non-hydrogen) atoms. The summed E-state index contributed by atoms with van der Waals surface area (Å²) >= 11 is 0. The third-order valence-electron chi connectivity index (χ3n) is 1.84. The lowest BCUT2D eigenvalue weighted by atomic mass is 10.3. The molecule has 0 bridgehead atoms. The van der Waals surface area contributed by atoms with E-state index in [1.807, 2.05) is 0 Å². The van der Waals surface area contributed by atoms with Crippen LogP contribution in [0.3, 0.4) is 0 Å². The van der Waals surface area contributed by atoms with E-state index in [1.165, 1.54) is 0 Å². The third kappa shape index (κ3) is 1.77. The van der Waals surface area contributed by atoms with Gasteiger partial charge in [-0.15, -0.1) is 0 Å². The summed E-state index contributed by atoms with van der Waals surface area (Å²) in [6.07, 6.45) is 3.04. The number of hydrogen-bond donors (Lipinski definition) is 1. The van der Waals surface area contributed by atoms with Crippen molar-refractivity contribution < 1.29 is 9.53 Å². The highest BCUT2D eigenvalue weighted by molar-refractivity contribution is 5.77. The van der Waals surface area contributed by atoms with Gasteiger partial charge in [0.05, 0.1) is 6.10 Å². The van der Waals surface area contributed by atoms with Crippen LogP contribution in [0.4, 0.5) is 5.82 Å². The predicted octanol–water partition coefficient (Wildman–Crippen LogP) is 1.02.